The zero-order chi connectivity index (χ0) is 20.5. The van der Waals surface area contributed by atoms with Gasteiger partial charge >= 0.3 is 0 Å². The molecule has 0 aromatic heterocycles. The molecule has 0 atom stereocenters. The number of rotatable bonds is 4. The van der Waals surface area contributed by atoms with Crippen LogP contribution in [0.2, 0.25) is 0 Å². The molecule has 1 aromatic rings. The van der Waals surface area contributed by atoms with Gasteiger partial charge in [0.25, 0.3) is 12.3 Å². The van der Waals surface area contributed by atoms with Crippen LogP contribution in [-0.2, 0) is 9.53 Å². The molecule has 1 fully saturated rings. The fourth-order valence-corrected chi connectivity index (χ4v) is 4.62. The molecule has 28 heavy (non-hydrogen) atoms. The number of amides is 1. The summed E-state index contributed by atoms with van der Waals surface area (Å²) in [6.45, 7) is 7.33. The third kappa shape index (κ3) is 3.84. The average Bonchev–Trinajstić information content (AvgIpc) is 2.85. The van der Waals surface area contributed by atoms with Crippen LogP contribution in [0.3, 0.4) is 0 Å². The minimum atomic E-state index is -2.44. The molecule has 1 spiro atoms. The Morgan fingerprint density at radius 3 is 2.36 bits per heavy atom. The molecule has 0 radical (unpaired) electrons. The number of carbonyl (C=O) groups is 1. The van der Waals surface area contributed by atoms with E-state index in [0.717, 1.165) is 33.4 Å². The minimum Gasteiger partial charge on any atom is -0.372 e. The lowest BCUT2D eigenvalue weighted by molar-refractivity contribution is -0.116. The van der Waals surface area contributed by atoms with Crippen LogP contribution in [0.5, 0.6) is 0 Å². The molecule has 3 nitrogen and oxygen atoms in total. The number of ether oxygens (including phenoxy) is 1. The van der Waals surface area contributed by atoms with Gasteiger partial charge in [-0.25, -0.2) is 8.78 Å². The largest absolute Gasteiger partial charge is 0.372 e. The molecule has 1 aliphatic heterocycles. The second kappa shape index (κ2) is 8.05. The van der Waals surface area contributed by atoms with Gasteiger partial charge in [-0.15, -0.1) is 5.92 Å². The van der Waals surface area contributed by atoms with Crippen LogP contribution in [0.25, 0.3) is 5.57 Å². The van der Waals surface area contributed by atoms with Crippen molar-refractivity contribution in [2.24, 2.45) is 0 Å². The normalized spacial score (nSPS) is 24.5. The number of nitrogens with one attached hydrogen (secondary N) is 1. The van der Waals surface area contributed by atoms with E-state index in [1.807, 2.05) is 32.9 Å². The van der Waals surface area contributed by atoms with E-state index in [4.69, 9.17) is 4.74 Å². The standard InChI is InChI=1S/C23H27F2NO2/c1-5-6-17-11-14(2)20(15(3)12-17)21-16(4)23(26-22(21)27)9-7-18(8-10-23)28-13-19(24)25/h11-12,18-19H,7-10,13H2,1-4H3,(H,26,27). The first-order chi connectivity index (χ1) is 13.3. The molecule has 0 bridgehead atoms. The Morgan fingerprint density at radius 2 is 1.82 bits per heavy atom. The van der Waals surface area contributed by atoms with Crippen LogP contribution in [-0.4, -0.2) is 30.6 Å². The first kappa shape index (κ1) is 20.5. The van der Waals surface area contributed by atoms with Crippen molar-refractivity contribution in [3.63, 3.8) is 0 Å². The summed E-state index contributed by atoms with van der Waals surface area (Å²) in [7, 11) is 0. The van der Waals surface area contributed by atoms with Gasteiger partial charge in [0.15, 0.2) is 0 Å². The lowest BCUT2D eigenvalue weighted by atomic mass is 9.75. The van der Waals surface area contributed by atoms with Gasteiger partial charge in [0.05, 0.1) is 11.6 Å². The SMILES string of the molecule is CC#Cc1cc(C)c(C2=C(C)C3(CCC(OCC(F)F)CC3)NC2=O)c(C)c1. The maximum atomic E-state index is 12.9. The zero-order valence-electron chi connectivity index (χ0n) is 16.9. The smallest absolute Gasteiger partial charge is 0.261 e. The van der Waals surface area contributed by atoms with E-state index < -0.39 is 18.6 Å². The summed E-state index contributed by atoms with van der Waals surface area (Å²) in [4.78, 5) is 12.9. The molecule has 1 amide bonds. The number of alkyl halides is 2. The topological polar surface area (TPSA) is 38.3 Å². The summed E-state index contributed by atoms with van der Waals surface area (Å²) in [6.07, 6.45) is 0.144. The van der Waals surface area contributed by atoms with E-state index in [1.54, 1.807) is 6.92 Å². The van der Waals surface area contributed by atoms with Crippen molar-refractivity contribution < 1.29 is 18.3 Å². The molecule has 150 valence electrons. The fourth-order valence-electron chi connectivity index (χ4n) is 4.62. The van der Waals surface area contributed by atoms with Crippen LogP contribution in [0.4, 0.5) is 8.78 Å². The Hall–Kier alpha value is -2.19. The number of carbonyl (C=O) groups excluding carboxylic acids is 1. The molecule has 1 saturated carbocycles. The van der Waals surface area contributed by atoms with Crippen molar-refractivity contribution in [2.75, 3.05) is 6.61 Å². The van der Waals surface area contributed by atoms with Crippen molar-refractivity contribution in [3.05, 3.63) is 40.0 Å². The second-order valence-corrected chi connectivity index (χ2v) is 7.82. The lowest BCUT2D eigenvalue weighted by Gasteiger charge is -2.38. The second-order valence-electron chi connectivity index (χ2n) is 7.82. The molecule has 5 heteroatoms. The Bertz CT molecular complexity index is 845. The van der Waals surface area contributed by atoms with Crippen molar-refractivity contribution >= 4 is 11.5 Å². The number of hydrogen-bond donors (Lipinski definition) is 1. The number of benzene rings is 1. The van der Waals surface area contributed by atoms with Gasteiger partial charge in [-0.2, -0.15) is 0 Å². The maximum Gasteiger partial charge on any atom is 0.261 e. The predicted molar refractivity (Wildman–Crippen MR) is 106 cm³/mol. The summed E-state index contributed by atoms with van der Waals surface area (Å²) >= 11 is 0. The highest BCUT2D eigenvalue weighted by Gasteiger charge is 2.45. The van der Waals surface area contributed by atoms with E-state index in [9.17, 15) is 13.6 Å². The van der Waals surface area contributed by atoms with Gasteiger partial charge in [0.1, 0.15) is 6.61 Å². The average molecular weight is 387 g/mol. The lowest BCUT2D eigenvalue weighted by Crippen LogP contribution is -2.48. The molecule has 1 heterocycles. The third-order valence-corrected chi connectivity index (χ3v) is 5.97. The Kier molecular flexibility index (Phi) is 5.90. The van der Waals surface area contributed by atoms with Gasteiger partial charge in [-0.05, 0) is 87.8 Å². The van der Waals surface area contributed by atoms with E-state index in [2.05, 4.69) is 17.2 Å². The van der Waals surface area contributed by atoms with E-state index in [-0.39, 0.29) is 12.0 Å². The van der Waals surface area contributed by atoms with Crippen LogP contribution in [0.1, 0.15) is 61.8 Å². The molecule has 3 rings (SSSR count). The van der Waals surface area contributed by atoms with Crippen molar-refractivity contribution in [1.82, 2.24) is 5.32 Å². The summed E-state index contributed by atoms with van der Waals surface area (Å²) in [5.74, 6) is 5.94. The number of hydrogen-bond acceptors (Lipinski definition) is 2. The van der Waals surface area contributed by atoms with Gasteiger partial charge in [0.2, 0.25) is 0 Å². The molecular formula is C23H27F2NO2. The first-order valence-electron chi connectivity index (χ1n) is 9.75. The summed E-state index contributed by atoms with van der Waals surface area (Å²) in [5.41, 5.74) is 5.40. The van der Waals surface area contributed by atoms with E-state index in [1.165, 1.54) is 0 Å². The minimum absolute atomic E-state index is 0.0509. The molecule has 0 unspecified atom stereocenters. The van der Waals surface area contributed by atoms with Gasteiger partial charge < -0.3 is 10.1 Å². The first-order valence-corrected chi connectivity index (χ1v) is 9.75. The Labute approximate surface area is 165 Å². The molecule has 1 aromatic carbocycles. The van der Waals surface area contributed by atoms with Crippen molar-refractivity contribution in [2.45, 2.75) is 71.4 Å². The fraction of sp³-hybridized carbons (Fsp3) is 0.522. The van der Waals surface area contributed by atoms with Crippen molar-refractivity contribution in [1.29, 1.82) is 0 Å². The zero-order valence-corrected chi connectivity index (χ0v) is 16.9. The third-order valence-electron chi connectivity index (χ3n) is 5.97. The summed E-state index contributed by atoms with van der Waals surface area (Å²) in [5, 5.41) is 3.20. The predicted octanol–water partition coefficient (Wildman–Crippen LogP) is 4.54. The highest BCUT2D eigenvalue weighted by atomic mass is 19.3. The van der Waals surface area contributed by atoms with Gasteiger partial charge in [-0.1, -0.05) is 5.92 Å². The molecule has 0 saturated heterocycles. The van der Waals surface area contributed by atoms with Crippen LogP contribution < -0.4 is 5.32 Å². The highest BCUT2D eigenvalue weighted by molar-refractivity contribution is 6.24. The number of aryl methyl sites for hydroxylation is 2. The maximum absolute atomic E-state index is 12.9. The van der Waals surface area contributed by atoms with E-state index >= 15 is 0 Å². The highest BCUT2D eigenvalue weighted by Crippen LogP contribution is 2.44. The Morgan fingerprint density at radius 1 is 1.21 bits per heavy atom. The van der Waals surface area contributed by atoms with Gasteiger partial charge in [-0.3, -0.25) is 4.79 Å². The van der Waals surface area contributed by atoms with Crippen molar-refractivity contribution in [3.8, 4) is 11.8 Å². The van der Waals surface area contributed by atoms with Gasteiger partial charge in [0, 0.05) is 11.1 Å². The van der Waals surface area contributed by atoms with Crippen LogP contribution >= 0.6 is 0 Å². The van der Waals surface area contributed by atoms with Crippen LogP contribution in [0, 0.1) is 25.7 Å². The molecular weight excluding hydrogens is 360 g/mol. The summed E-state index contributed by atoms with van der Waals surface area (Å²) < 4.78 is 30.1. The van der Waals surface area contributed by atoms with E-state index in [0.29, 0.717) is 25.7 Å². The molecule has 1 aliphatic carbocycles. The van der Waals surface area contributed by atoms with Crippen LogP contribution in [0.15, 0.2) is 17.7 Å². The quantitative estimate of drug-likeness (QED) is 0.771. The monoisotopic (exact) mass is 387 g/mol. The molecule has 2 aliphatic rings. The Balaban J connectivity index is 1.88. The molecule has 1 N–H and O–H groups in total. The number of halogens is 2. The summed E-state index contributed by atoms with van der Waals surface area (Å²) in [6, 6.07) is 4.04.